The highest BCUT2D eigenvalue weighted by Gasteiger charge is 2.38. The van der Waals surface area contributed by atoms with Gasteiger partial charge in [-0.25, -0.2) is 9.97 Å². The molecule has 11 heteroatoms. The van der Waals surface area contributed by atoms with E-state index in [4.69, 9.17) is 9.97 Å². The number of hydrogen-bond donors (Lipinski definition) is 4. The van der Waals surface area contributed by atoms with E-state index in [0.29, 0.717) is 36.2 Å². The fourth-order valence-corrected chi connectivity index (χ4v) is 4.83. The molecule has 3 aliphatic rings. The molecule has 0 spiro atoms. The number of aliphatic hydroxyl groups excluding tert-OH is 1. The first-order valence-electron chi connectivity index (χ1n) is 11.6. The van der Waals surface area contributed by atoms with Crippen molar-refractivity contribution >= 4 is 29.2 Å². The van der Waals surface area contributed by atoms with Crippen molar-refractivity contribution < 1.29 is 14.3 Å². The minimum atomic E-state index is -0.593. The van der Waals surface area contributed by atoms with Gasteiger partial charge >= 0.3 is 0 Å². The minimum absolute atomic E-state index is 0.120. The van der Waals surface area contributed by atoms with Gasteiger partial charge in [0.25, 0.3) is 0 Å². The van der Waals surface area contributed by atoms with Crippen molar-refractivity contribution in [3.8, 4) is 0 Å². The number of aliphatic hydroxyl groups is 1. The van der Waals surface area contributed by atoms with Crippen molar-refractivity contribution in [3.05, 3.63) is 47.3 Å². The van der Waals surface area contributed by atoms with Crippen molar-refractivity contribution in [2.75, 3.05) is 22.1 Å². The normalized spacial score (nSPS) is 23.1. The number of anilines is 4. The SMILES string of the molecule is O=C(Nc1ccc(F)nc1)[C@H]1CCCN1c1nc2c(c(Nc3cc(C4C[C@H]4O)[nH]n3)n1)CCC2. The zero-order valence-electron chi connectivity index (χ0n) is 18.5. The van der Waals surface area contributed by atoms with Gasteiger partial charge in [-0.1, -0.05) is 0 Å². The summed E-state index contributed by atoms with van der Waals surface area (Å²) in [6.07, 6.45) is 6.03. The number of hydrogen-bond acceptors (Lipinski definition) is 8. The fraction of sp³-hybridized carbons (Fsp3) is 0.435. The number of carbonyl (C=O) groups excluding carboxylic acids is 1. The van der Waals surface area contributed by atoms with Gasteiger partial charge in [-0.05, 0) is 50.7 Å². The third-order valence-electron chi connectivity index (χ3n) is 6.73. The molecule has 0 bridgehead atoms. The number of rotatable bonds is 6. The molecule has 6 rings (SSSR count). The molecule has 176 valence electrons. The van der Waals surface area contributed by atoms with Crippen molar-refractivity contribution in [2.45, 2.75) is 56.6 Å². The highest BCUT2D eigenvalue weighted by molar-refractivity contribution is 5.96. The molecule has 4 heterocycles. The van der Waals surface area contributed by atoms with Crippen LogP contribution in [-0.2, 0) is 17.6 Å². The van der Waals surface area contributed by atoms with Crippen LogP contribution in [0.4, 0.5) is 27.7 Å². The Kier molecular flexibility index (Phi) is 5.13. The Hall–Kier alpha value is -3.60. The molecule has 3 aromatic rings. The first-order chi connectivity index (χ1) is 16.5. The average molecular weight is 465 g/mol. The van der Waals surface area contributed by atoms with Crippen LogP contribution < -0.4 is 15.5 Å². The van der Waals surface area contributed by atoms with Crippen LogP contribution in [0.1, 0.15) is 48.6 Å². The molecule has 1 saturated heterocycles. The van der Waals surface area contributed by atoms with E-state index >= 15 is 0 Å². The summed E-state index contributed by atoms with van der Waals surface area (Å²) in [5, 5.41) is 23.2. The van der Waals surface area contributed by atoms with E-state index in [1.807, 2.05) is 11.0 Å². The number of aromatic amines is 1. The van der Waals surface area contributed by atoms with E-state index in [0.717, 1.165) is 49.1 Å². The second kappa shape index (κ2) is 8.32. The van der Waals surface area contributed by atoms with E-state index in [-0.39, 0.29) is 17.9 Å². The Balaban J connectivity index is 1.24. The molecule has 34 heavy (non-hydrogen) atoms. The smallest absolute Gasteiger partial charge is 0.247 e. The number of fused-ring (bicyclic) bond motifs is 1. The third-order valence-corrected chi connectivity index (χ3v) is 6.73. The maximum absolute atomic E-state index is 13.1. The van der Waals surface area contributed by atoms with Gasteiger partial charge in [-0.2, -0.15) is 14.5 Å². The van der Waals surface area contributed by atoms with Gasteiger partial charge < -0.3 is 20.6 Å². The van der Waals surface area contributed by atoms with E-state index in [2.05, 4.69) is 25.8 Å². The van der Waals surface area contributed by atoms with Gasteiger partial charge in [0.1, 0.15) is 11.9 Å². The van der Waals surface area contributed by atoms with E-state index in [9.17, 15) is 14.3 Å². The number of aryl methyl sites for hydroxylation is 1. The number of halogens is 1. The van der Waals surface area contributed by atoms with Crippen LogP contribution in [0.2, 0.25) is 0 Å². The molecule has 1 aliphatic heterocycles. The maximum Gasteiger partial charge on any atom is 0.247 e. The van der Waals surface area contributed by atoms with Gasteiger partial charge in [0, 0.05) is 29.8 Å². The lowest BCUT2D eigenvalue weighted by Crippen LogP contribution is -2.40. The summed E-state index contributed by atoms with van der Waals surface area (Å²) in [6, 6.07) is 4.19. The zero-order chi connectivity index (χ0) is 23.2. The van der Waals surface area contributed by atoms with Crippen molar-refractivity contribution in [3.63, 3.8) is 0 Å². The van der Waals surface area contributed by atoms with Crippen LogP contribution >= 0.6 is 0 Å². The van der Waals surface area contributed by atoms with Crippen LogP contribution in [0, 0.1) is 5.95 Å². The highest BCUT2D eigenvalue weighted by Crippen LogP contribution is 2.40. The topological polar surface area (TPSA) is 132 Å². The summed E-state index contributed by atoms with van der Waals surface area (Å²) in [5.41, 5.74) is 3.44. The predicted molar refractivity (Wildman–Crippen MR) is 122 cm³/mol. The van der Waals surface area contributed by atoms with Gasteiger partial charge in [0.05, 0.1) is 23.7 Å². The molecule has 0 radical (unpaired) electrons. The second-order valence-corrected chi connectivity index (χ2v) is 9.10. The number of nitrogens with one attached hydrogen (secondary N) is 3. The number of aromatic nitrogens is 5. The summed E-state index contributed by atoms with van der Waals surface area (Å²) in [6.45, 7) is 0.671. The number of carbonyl (C=O) groups is 1. The lowest BCUT2D eigenvalue weighted by Gasteiger charge is -2.25. The number of nitrogens with zero attached hydrogens (tertiary/aromatic N) is 5. The second-order valence-electron chi connectivity index (χ2n) is 9.10. The molecule has 2 aliphatic carbocycles. The molecule has 1 saturated carbocycles. The lowest BCUT2D eigenvalue weighted by atomic mass is 10.2. The number of amides is 1. The highest BCUT2D eigenvalue weighted by atomic mass is 19.1. The molecule has 1 unspecified atom stereocenters. The summed E-state index contributed by atoms with van der Waals surface area (Å²) >= 11 is 0. The van der Waals surface area contributed by atoms with E-state index < -0.39 is 12.0 Å². The van der Waals surface area contributed by atoms with Gasteiger partial charge in [-0.15, -0.1) is 0 Å². The number of pyridine rings is 1. The fourth-order valence-electron chi connectivity index (χ4n) is 4.83. The Labute approximate surface area is 195 Å². The Bertz CT molecular complexity index is 1230. The molecule has 1 amide bonds. The van der Waals surface area contributed by atoms with E-state index in [1.165, 1.54) is 18.3 Å². The Morgan fingerprint density at radius 2 is 2.12 bits per heavy atom. The molecule has 3 aromatic heterocycles. The molecular weight excluding hydrogens is 439 g/mol. The average Bonchev–Trinajstić information content (AvgIpc) is 3.29. The molecule has 10 nitrogen and oxygen atoms in total. The summed E-state index contributed by atoms with van der Waals surface area (Å²) in [7, 11) is 0. The molecule has 3 atom stereocenters. The van der Waals surface area contributed by atoms with Crippen LogP contribution in [-0.4, -0.2) is 54.9 Å². The summed E-state index contributed by atoms with van der Waals surface area (Å²) < 4.78 is 13.1. The Morgan fingerprint density at radius 1 is 1.24 bits per heavy atom. The standard InChI is InChI=1S/C23H25FN8O2/c24-19-7-6-12(11-25-19)26-22(34)17-5-2-8-32(17)23-27-15-4-1-3-13(15)21(29-23)28-20-10-16(30-31-20)14-9-18(14)33/h6-7,10-11,14,17-18,33H,1-5,8-9H2,(H,26,34)(H2,27,28,29,30,31)/t14?,17-,18-/m1/s1. The molecular formula is C23H25FN8O2. The van der Waals surface area contributed by atoms with Crippen LogP contribution in [0.5, 0.6) is 0 Å². The summed E-state index contributed by atoms with van der Waals surface area (Å²) in [4.78, 5) is 28.2. The number of H-pyrrole nitrogens is 1. The van der Waals surface area contributed by atoms with Crippen LogP contribution in [0.3, 0.4) is 0 Å². The first-order valence-corrected chi connectivity index (χ1v) is 11.6. The Morgan fingerprint density at radius 3 is 2.91 bits per heavy atom. The quantitative estimate of drug-likeness (QED) is 0.409. The van der Waals surface area contributed by atoms with Crippen molar-refractivity contribution in [2.24, 2.45) is 0 Å². The van der Waals surface area contributed by atoms with Crippen LogP contribution in [0.15, 0.2) is 24.4 Å². The van der Waals surface area contributed by atoms with Gasteiger partial charge in [-0.3, -0.25) is 9.89 Å². The van der Waals surface area contributed by atoms with Gasteiger partial charge in [0.2, 0.25) is 17.8 Å². The van der Waals surface area contributed by atoms with E-state index in [1.54, 1.807) is 0 Å². The van der Waals surface area contributed by atoms with Gasteiger partial charge in [0.15, 0.2) is 5.82 Å². The largest absolute Gasteiger partial charge is 0.392 e. The predicted octanol–water partition coefficient (Wildman–Crippen LogP) is 2.42. The zero-order valence-corrected chi connectivity index (χ0v) is 18.5. The minimum Gasteiger partial charge on any atom is -0.392 e. The van der Waals surface area contributed by atoms with Crippen molar-refractivity contribution in [1.29, 1.82) is 0 Å². The molecule has 0 aromatic carbocycles. The van der Waals surface area contributed by atoms with Crippen molar-refractivity contribution in [1.82, 2.24) is 25.1 Å². The lowest BCUT2D eigenvalue weighted by molar-refractivity contribution is -0.117. The summed E-state index contributed by atoms with van der Waals surface area (Å²) in [5.74, 6) is 1.21. The molecule has 2 fully saturated rings. The third kappa shape index (κ3) is 3.96. The first kappa shape index (κ1) is 21.0. The monoisotopic (exact) mass is 464 g/mol. The maximum atomic E-state index is 13.1. The van der Waals surface area contributed by atoms with Crippen LogP contribution in [0.25, 0.3) is 0 Å². The molecule has 4 N–H and O–H groups in total.